The maximum absolute atomic E-state index is 11.2. The zero-order valence-corrected chi connectivity index (χ0v) is 8.30. The van der Waals surface area contributed by atoms with Gasteiger partial charge in [0.2, 0.25) is 5.91 Å². The summed E-state index contributed by atoms with van der Waals surface area (Å²) in [6, 6.07) is 3.56. The predicted molar refractivity (Wildman–Crippen MR) is 52.9 cm³/mol. The van der Waals surface area contributed by atoms with Gasteiger partial charge in [-0.15, -0.1) is 11.6 Å². The highest BCUT2D eigenvalue weighted by atomic mass is 35.5. The second kappa shape index (κ2) is 4.23. The number of aryl methyl sites for hydroxylation is 1. The van der Waals surface area contributed by atoms with E-state index in [0.29, 0.717) is 5.69 Å². The van der Waals surface area contributed by atoms with E-state index < -0.39 is 5.38 Å². The van der Waals surface area contributed by atoms with Crippen LogP contribution in [0.15, 0.2) is 18.3 Å². The molecule has 1 rings (SSSR count). The predicted octanol–water partition coefficient (Wildman–Crippen LogP) is 1.96. The topological polar surface area (TPSA) is 42.0 Å². The van der Waals surface area contributed by atoms with Gasteiger partial charge in [-0.3, -0.25) is 9.78 Å². The van der Waals surface area contributed by atoms with Crippen LogP contribution in [0.1, 0.15) is 12.6 Å². The van der Waals surface area contributed by atoms with Crippen molar-refractivity contribution in [1.29, 1.82) is 0 Å². The maximum Gasteiger partial charge on any atom is 0.242 e. The van der Waals surface area contributed by atoms with Crippen molar-refractivity contribution in [2.75, 3.05) is 5.32 Å². The van der Waals surface area contributed by atoms with Crippen molar-refractivity contribution in [1.82, 2.24) is 4.98 Å². The normalized spacial score (nSPS) is 12.2. The van der Waals surface area contributed by atoms with Crippen LogP contribution >= 0.6 is 11.6 Å². The fourth-order valence-corrected chi connectivity index (χ4v) is 0.903. The van der Waals surface area contributed by atoms with Crippen molar-refractivity contribution in [2.24, 2.45) is 0 Å². The van der Waals surface area contributed by atoms with E-state index in [1.165, 1.54) is 0 Å². The third-order valence-corrected chi connectivity index (χ3v) is 1.82. The Balaban J connectivity index is 2.75. The van der Waals surface area contributed by atoms with Gasteiger partial charge >= 0.3 is 0 Å². The zero-order valence-electron chi connectivity index (χ0n) is 7.54. The Morgan fingerprint density at radius 1 is 1.69 bits per heavy atom. The van der Waals surface area contributed by atoms with Gasteiger partial charge in [-0.25, -0.2) is 0 Å². The first-order valence-corrected chi connectivity index (χ1v) is 4.41. The molecule has 0 aliphatic rings. The number of halogens is 1. The zero-order chi connectivity index (χ0) is 9.84. The molecule has 0 spiro atoms. The van der Waals surface area contributed by atoms with Crippen LogP contribution in [-0.4, -0.2) is 16.3 Å². The lowest BCUT2D eigenvalue weighted by molar-refractivity contribution is -0.115. The van der Waals surface area contributed by atoms with E-state index in [-0.39, 0.29) is 5.91 Å². The number of anilines is 1. The molecule has 0 fully saturated rings. The average Bonchev–Trinajstić information content (AvgIpc) is 2.08. The van der Waals surface area contributed by atoms with Gasteiger partial charge in [0, 0.05) is 6.20 Å². The second-order valence-electron chi connectivity index (χ2n) is 2.74. The molecule has 4 heteroatoms. The van der Waals surface area contributed by atoms with Crippen molar-refractivity contribution in [2.45, 2.75) is 19.2 Å². The summed E-state index contributed by atoms with van der Waals surface area (Å²) in [5.74, 6) is -0.210. The molecule has 1 aromatic rings. The standard InChI is InChI=1S/C9H11ClN2O/c1-6(10)9(13)12-8-4-3-5-11-7(8)2/h3-6H,1-2H3,(H,12,13). The number of amides is 1. The number of alkyl halides is 1. The summed E-state index contributed by atoms with van der Waals surface area (Å²) in [6.07, 6.45) is 1.68. The van der Waals surface area contributed by atoms with E-state index in [1.54, 1.807) is 25.3 Å². The molecular formula is C9H11ClN2O. The molecule has 1 atom stereocenters. The number of nitrogens with one attached hydrogen (secondary N) is 1. The maximum atomic E-state index is 11.2. The first kappa shape index (κ1) is 9.99. The number of carbonyl (C=O) groups excluding carboxylic acids is 1. The first-order chi connectivity index (χ1) is 6.11. The Morgan fingerprint density at radius 3 is 2.92 bits per heavy atom. The molecule has 0 radical (unpaired) electrons. The first-order valence-electron chi connectivity index (χ1n) is 3.98. The van der Waals surface area contributed by atoms with Gasteiger partial charge in [0.05, 0.1) is 11.4 Å². The van der Waals surface area contributed by atoms with Crippen LogP contribution < -0.4 is 5.32 Å². The van der Waals surface area contributed by atoms with Crippen molar-refractivity contribution >= 4 is 23.2 Å². The van der Waals surface area contributed by atoms with Crippen molar-refractivity contribution in [3.8, 4) is 0 Å². The van der Waals surface area contributed by atoms with E-state index in [9.17, 15) is 4.79 Å². The molecule has 0 aromatic carbocycles. The fourth-order valence-electron chi connectivity index (χ4n) is 0.849. The molecule has 0 saturated heterocycles. The number of nitrogens with zero attached hydrogens (tertiary/aromatic N) is 1. The lowest BCUT2D eigenvalue weighted by atomic mass is 10.3. The molecule has 13 heavy (non-hydrogen) atoms. The molecule has 1 amide bonds. The van der Waals surface area contributed by atoms with Crippen LogP contribution in [0.25, 0.3) is 0 Å². The molecule has 0 aliphatic heterocycles. The molecule has 70 valence electrons. The number of hydrogen-bond donors (Lipinski definition) is 1. The van der Waals surface area contributed by atoms with Gasteiger partial charge in [-0.1, -0.05) is 0 Å². The van der Waals surface area contributed by atoms with Crippen LogP contribution in [0.3, 0.4) is 0 Å². The monoisotopic (exact) mass is 198 g/mol. The van der Waals surface area contributed by atoms with Crippen molar-refractivity contribution in [3.05, 3.63) is 24.0 Å². The SMILES string of the molecule is Cc1ncccc1NC(=O)C(C)Cl. The molecule has 0 bridgehead atoms. The van der Waals surface area contributed by atoms with Gasteiger partial charge in [0.25, 0.3) is 0 Å². The molecule has 3 nitrogen and oxygen atoms in total. The molecular weight excluding hydrogens is 188 g/mol. The lowest BCUT2D eigenvalue weighted by Gasteiger charge is -2.07. The molecule has 0 saturated carbocycles. The molecule has 1 unspecified atom stereocenters. The second-order valence-corrected chi connectivity index (χ2v) is 3.40. The smallest absolute Gasteiger partial charge is 0.242 e. The summed E-state index contributed by atoms with van der Waals surface area (Å²) in [4.78, 5) is 15.2. The number of hydrogen-bond acceptors (Lipinski definition) is 2. The number of aromatic nitrogens is 1. The Labute approximate surface area is 82.1 Å². The van der Waals surface area contributed by atoms with E-state index in [1.807, 2.05) is 6.92 Å². The summed E-state index contributed by atoms with van der Waals surface area (Å²) in [7, 11) is 0. The minimum absolute atomic E-state index is 0.210. The quantitative estimate of drug-likeness (QED) is 0.739. The highest BCUT2D eigenvalue weighted by molar-refractivity contribution is 6.32. The van der Waals surface area contributed by atoms with Gasteiger partial charge in [0.15, 0.2) is 0 Å². The minimum Gasteiger partial charge on any atom is -0.323 e. The molecule has 0 aliphatic carbocycles. The number of rotatable bonds is 2. The molecule has 1 N–H and O–H groups in total. The van der Waals surface area contributed by atoms with Gasteiger partial charge in [-0.2, -0.15) is 0 Å². The van der Waals surface area contributed by atoms with Crippen molar-refractivity contribution in [3.63, 3.8) is 0 Å². The van der Waals surface area contributed by atoms with E-state index in [0.717, 1.165) is 5.69 Å². The highest BCUT2D eigenvalue weighted by Crippen LogP contribution is 2.11. The fraction of sp³-hybridized carbons (Fsp3) is 0.333. The summed E-state index contributed by atoms with van der Waals surface area (Å²) in [6.45, 7) is 3.46. The molecule has 1 heterocycles. The summed E-state index contributed by atoms with van der Waals surface area (Å²) in [5.41, 5.74) is 1.49. The van der Waals surface area contributed by atoms with Gasteiger partial charge in [0.1, 0.15) is 5.38 Å². The van der Waals surface area contributed by atoms with E-state index in [2.05, 4.69) is 10.3 Å². The summed E-state index contributed by atoms with van der Waals surface area (Å²) >= 11 is 5.60. The van der Waals surface area contributed by atoms with Crippen LogP contribution in [0, 0.1) is 6.92 Å². The Kier molecular flexibility index (Phi) is 3.25. The van der Waals surface area contributed by atoms with Gasteiger partial charge in [-0.05, 0) is 26.0 Å². The average molecular weight is 199 g/mol. The van der Waals surface area contributed by atoms with E-state index in [4.69, 9.17) is 11.6 Å². The Hall–Kier alpha value is -1.09. The van der Waals surface area contributed by atoms with Crippen molar-refractivity contribution < 1.29 is 4.79 Å². The highest BCUT2D eigenvalue weighted by Gasteiger charge is 2.09. The number of carbonyl (C=O) groups is 1. The summed E-state index contributed by atoms with van der Waals surface area (Å²) in [5, 5.41) is 2.15. The lowest BCUT2D eigenvalue weighted by Crippen LogP contribution is -2.20. The van der Waals surface area contributed by atoms with E-state index >= 15 is 0 Å². The molecule has 1 aromatic heterocycles. The minimum atomic E-state index is -0.528. The van der Waals surface area contributed by atoms with Crippen LogP contribution in [0.4, 0.5) is 5.69 Å². The Bertz CT molecular complexity index is 312. The van der Waals surface area contributed by atoms with Crippen LogP contribution in [-0.2, 0) is 4.79 Å². The van der Waals surface area contributed by atoms with Gasteiger partial charge < -0.3 is 5.32 Å². The van der Waals surface area contributed by atoms with Crippen LogP contribution in [0.5, 0.6) is 0 Å². The third-order valence-electron chi connectivity index (χ3n) is 1.63. The third kappa shape index (κ3) is 2.70. The van der Waals surface area contributed by atoms with Crippen LogP contribution in [0.2, 0.25) is 0 Å². The number of pyridine rings is 1. The largest absolute Gasteiger partial charge is 0.323 e. The Morgan fingerprint density at radius 2 is 2.38 bits per heavy atom. The summed E-state index contributed by atoms with van der Waals surface area (Å²) < 4.78 is 0.